The lowest BCUT2D eigenvalue weighted by Crippen LogP contribution is -2.24. The Hall–Kier alpha value is -1.33. The van der Waals surface area contributed by atoms with Crippen molar-refractivity contribution >= 4 is 17.2 Å². The average Bonchev–Trinajstić information content (AvgIpc) is 2.75. The van der Waals surface area contributed by atoms with Crippen LogP contribution in [-0.4, -0.2) is 30.4 Å². The Bertz CT molecular complexity index is 502. The first-order valence-electron chi connectivity index (χ1n) is 6.70. The summed E-state index contributed by atoms with van der Waals surface area (Å²) < 4.78 is 17.0. The van der Waals surface area contributed by atoms with Gasteiger partial charge in [0.1, 0.15) is 11.6 Å². The predicted molar refractivity (Wildman–Crippen MR) is 82.6 cm³/mol. The summed E-state index contributed by atoms with van der Waals surface area (Å²) in [6.45, 7) is 4.72. The molecule has 0 aliphatic carbocycles. The first-order chi connectivity index (χ1) is 9.41. The zero-order chi connectivity index (χ0) is 14.8. The van der Waals surface area contributed by atoms with Gasteiger partial charge in [0.25, 0.3) is 0 Å². The maximum Gasteiger partial charge on any atom is 0.161 e. The van der Waals surface area contributed by atoms with E-state index in [1.807, 2.05) is 12.1 Å². The van der Waals surface area contributed by atoms with Crippen LogP contribution in [-0.2, 0) is 4.74 Å². The maximum absolute atomic E-state index is 5.90. The Morgan fingerprint density at radius 3 is 2.75 bits per heavy atom. The molecule has 2 rings (SSSR count). The quantitative estimate of drug-likeness (QED) is 0.846. The van der Waals surface area contributed by atoms with Crippen LogP contribution in [0.5, 0.6) is 11.5 Å². The van der Waals surface area contributed by atoms with Crippen LogP contribution in [0.3, 0.4) is 0 Å². The van der Waals surface area contributed by atoms with Crippen molar-refractivity contribution in [3.05, 3.63) is 23.8 Å². The summed E-state index contributed by atoms with van der Waals surface area (Å²) in [6.07, 6.45) is 2.20. The first kappa shape index (κ1) is 15.1. The van der Waals surface area contributed by atoms with Crippen LogP contribution in [0.25, 0.3) is 0 Å². The highest BCUT2D eigenvalue weighted by molar-refractivity contribution is 7.80. The fraction of sp³-hybridized carbons (Fsp3) is 0.533. The summed E-state index contributed by atoms with van der Waals surface area (Å²) in [5, 5.41) is 0. The van der Waals surface area contributed by atoms with Crippen LogP contribution in [0.2, 0.25) is 0 Å². The number of methoxy groups -OCH3 is 1. The minimum atomic E-state index is -0.0479. The van der Waals surface area contributed by atoms with Crippen molar-refractivity contribution in [1.82, 2.24) is 0 Å². The van der Waals surface area contributed by atoms with E-state index in [-0.39, 0.29) is 11.7 Å². The molecule has 4 nitrogen and oxygen atoms in total. The molecule has 1 aliphatic heterocycles. The van der Waals surface area contributed by atoms with Crippen molar-refractivity contribution < 1.29 is 14.2 Å². The third-order valence-electron chi connectivity index (χ3n) is 3.43. The summed E-state index contributed by atoms with van der Waals surface area (Å²) in [7, 11) is 1.60. The Kier molecular flexibility index (Phi) is 4.50. The van der Waals surface area contributed by atoms with Gasteiger partial charge < -0.3 is 19.9 Å². The van der Waals surface area contributed by atoms with E-state index in [9.17, 15) is 0 Å². The van der Waals surface area contributed by atoms with Gasteiger partial charge in [0.15, 0.2) is 11.5 Å². The fourth-order valence-corrected chi connectivity index (χ4v) is 2.44. The largest absolute Gasteiger partial charge is 0.493 e. The Morgan fingerprint density at radius 2 is 2.20 bits per heavy atom. The van der Waals surface area contributed by atoms with Gasteiger partial charge in [0.05, 0.1) is 18.8 Å². The van der Waals surface area contributed by atoms with E-state index in [2.05, 4.69) is 13.8 Å². The number of ether oxygens (including phenoxy) is 3. The lowest BCUT2D eigenvalue weighted by Gasteiger charge is -2.20. The van der Waals surface area contributed by atoms with Gasteiger partial charge in [-0.3, -0.25) is 0 Å². The van der Waals surface area contributed by atoms with Crippen molar-refractivity contribution in [2.45, 2.75) is 38.4 Å². The fourth-order valence-electron chi connectivity index (χ4n) is 2.32. The van der Waals surface area contributed by atoms with Crippen LogP contribution in [0.1, 0.15) is 32.3 Å². The van der Waals surface area contributed by atoms with Crippen LogP contribution < -0.4 is 15.2 Å². The summed E-state index contributed by atoms with van der Waals surface area (Å²) in [5.41, 5.74) is 6.32. The molecule has 5 heteroatoms. The summed E-state index contributed by atoms with van der Waals surface area (Å²) >= 11 is 4.95. The lowest BCUT2D eigenvalue weighted by atomic mass is 10.1. The van der Waals surface area contributed by atoms with Crippen molar-refractivity contribution in [3.8, 4) is 11.5 Å². The smallest absolute Gasteiger partial charge is 0.161 e. The van der Waals surface area contributed by atoms with E-state index in [1.54, 1.807) is 13.2 Å². The van der Waals surface area contributed by atoms with Crippen molar-refractivity contribution in [3.63, 3.8) is 0 Å². The van der Waals surface area contributed by atoms with Gasteiger partial charge in [-0.05, 0) is 44.9 Å². The molecule has 1 aliphatic rings. The molecular weight excluding hydrogens is 274 g/mol. The average molecular weight is 295 g/mol. The van der Waals surface area contributed by atoms with Crippen LogP contribution in [0, 0.1) is 0 Å². The van der Waals surface area contributed by atoms with E-state index in [0.717, 1.165) is 18.4 Å². The summed E-state index contributed by atoms with van der Waals surface area (Å²) in [6, 6.07) is 5.45. The molecule has 1 atom stereocenters. The molecule has 0 amide bonds. The molecule has 0 bridgehead atoms. The second kappa shape index (κ2) is 5.97. The number of hydrogen-bond donors (Lipinski definition) is 1. The zero-order valence-electron chi connectivity index (χ0n) is 12.1. The van der Waals surface area contributed by atoms with Crippen LogP contribution in [0.4, 0.5) is 0 Å². The number of hydrogen-bond acceptors (Lipinski definition) is 4. The molecule has 1 heterocycles. The van der Waals surface area contributed by atoms with Gasteiger partial charge in [-0.2, -0.15) is 0 Å². The summed E-state index contributed by atoms with van der Waals surface area (Å²) in [5.74, 6) is 1.31. The van der Waals surface area contributed by atoms with E-state index < -0.39 is 0 Å². The molecule has 0 spiro atoms. The van der Waals surface area contributed by atoms with Crippen LogP contribution >= 0.6 is 12.2 Å². The molecule has 1 unspecified atom stereocenters. The standard InChI is InChI=1S/C15H21NO3S/c1-15(2)7-6-11(19-15)9-18-12-5-4-10(14(16)20)8-13(12)17-3/h4-5,8,11H,6-7,9H2,1-3H3,(H2,16,20). The Labute approximate surface area is 125 Å². The highest BCUT2D eigenvalue weighted by atomic mass is 32.1. The van der Waals surface area contributed by atoms with E-state index in [4.69, 9.17) is 32.2 Å². The number of nitrogens with two attached hydrogens (primary N) is 1. The zero-order valence-corrected chi connectivity index (χ0v) is 13.0. The van der Waals surface area contributed by atoms with Crippen molar-refractivity contribution in [2.75, 3.05) is 13.7 Å². The van der Waals surface area contributed by atoms with E-state index in [1.165, 1.54) is 0 Å². The molecule has 1 saturated heterocycles. The minimum Gasteiger partial charge on any atom is -0.493 e. The normalized spacial score (nSPS) is 20.6. The highest BCUT2D eigenvalue weighted by Gasteiger charge is 2.32. The second-order valence-electron chi connectivity index (χ2n) is 5.58. The molecule has 110 valence electrons. The van der Waals surface area contributed by atoms with Gasteiger partial charge in [-0.1, -0.05) is 12.2 Å². The van der Waals surface area contributed by atoms with E-state index >= 15 is 0 Å². The lowest BCUT2D eigenvalue weighted by molar-refractivity contribution is -0.0329. The van der Waals surface area contributed by atoms with Crippen LogP contribution in [0.15, 0.2) is 18.2 Å². The van der Waals surface area contributed by atoms with Gasteiger partial charge in [0.2, 0.25) is 0 Å². The number of rotatable bonds is 5. The minimum absolute atomic E-state index is 0.0479. The highest BCUT2D eigenvalue weighted by Crippen LogP contribution is 2.32. The van der Waals surface area contributed by atoms with Gasteiger partial charge in [-0.25, -0.2) is 0 Å². The van der Waals surface area contributed by atoms with E-state index in [0.29, 0.717) is 23.1 Å². The topological polar surface area (TPSA) is 53.7 Å². The Morgan fingerprint density at radius 1 is 1.45 bits per heavy atom. The molecule has 0 saturated carbocycles. The molecule has 0 aromatic heterocycles. The van der Waals surface area contributed by atoms with Gasteiger partial charge >= 0.3 is 0 Å². The number of thiocarbonyl (C=S) groups is 1. The molecule has 2 N–H and O–H groups in total. The summed E-state index contributed by atoms with van der Waals surface area (Å²) in [4.78, 5) is 0.343. The number of benzene rings is 1. The third-order valence-corrected chi connectivity index (χ3v) is 3.66. The Balaban J connectivity index is 2.01. The third kappa shape index (κ3) is 3.61. The van der Waals surface area contributed by atoms with Gasteiger partial charge in [-0.15, -0.1) is 0 Å². The monoisotopic (exact) mass is 295 g/mol. The molecule has 0 radical (unpaired) electrons. The first-order valence-corrected chi connectivity index (χ1v) is 7.10. The maximum atomic E-state index is 5.90. The van der Waals surface area contributed by atoms with Crippen molar-refractivity contribution in [1.29, 1.82) is 0 Å². The van der Waals surface area contributed by atoms with Gasteiger partial charge in [0, 0.05) is 5.56 Å². The molecule has 20 heavy (non-hydrogen) atoms. The second-order valence-corrected chi connectivity index (χ2v) is 6.02. The molecule has 1 aromatic rings. The SMILES string of the molecule is COc1cc(C(N)=S)ccc1OCC1CCC(C)(C)O1. The molecular formula is C15H21NO3S. The molecule has 1 fully saturated rings. The van der Waals surface area contributed by atoms with Crippen molar-refractivity contribution in [2.24, 2.45) is 5.73 Å². The predicted octanol–water partition coefficient (Wildman–Crippen LogP) is 2.67. The molecule has 1 aromatic carbocycles.